The van der Waals surface area contributed by atoms with E-state index in [1.807, 2.05) is 34.9 Å². The number of aliphatic hydroxyl groups excluding tert-OH is 1. The summed E-state index contributed by atoms with van der Waals surface area (Å²) in [6.45, 7) is 2.22. The lowest BCUT2D eigenvalue weighted by molar-refractivity contribution is -0.671. The van der Waals surface area contributed by atoms with E-state index in [1.54, 1.807) is 0 Å². The van der Waals surface area contributed by atoms with Crippen molar-refractivity contribution < 1.29 is 9.67 Å². The van der Waals surface area contributed by atoms with E-state index in [1.165, 1.54) is 25.7 Å². The fourth-order valence-electron chi connectivity index (χ4n) is 1.73. The van der Waals surface area contributed by atoms with Crippen LogP contribution in [0.3, 0.4) is 0 Å². The van der Waals surface area contributed by atoms with E-state index in [9.17, 15) is 5.11 Å². The first kappa shape index (κ1) is 12.2. The molecule has 0 aromatic carbocycles. The summed E-state index contributed by atoms with van der Waals surface area (Å²) in [5.74, 6) is 0. The second kappa shape index (κ2) is 6.62. The molecule has 3 heteroatoms. The Bertz CT molecular complexity index is 270. The molecule has 1 unspecified atom stereocenters. The van der Waals surface area contributed by atoms with E-state index in [2.05, 4.69) is 6.92 Å². The number of aromatic nitrogens is 2. The minimum atomic E-state index is -0.354. The molecule has 1 aromatic heterocycles. The molecular formula is C12H23N2O+. The summed E-state index contributed by atoms with van der Waals surface area (Å²) in [6, 6.07) is 0. The van der Waals surface area contributed by atoms with E-state index in [-0.39, 0.29) is 6.23 Å². The van der Waals surface area contributed by atoms with Crippen molar-refractivity contribution in [1.82, 2.24) is 4.57 Å². The molecule has 0 saturated heterocycles. The summed E-state index contributed by atoms with van der Waals surface area (Å²) >= 11 is 0. The molecule has 3 nitrogen and oxygen atoms in total. The zero-order valence-electron chi connectivity index (χ0n) is 9.89. The van der Waals surface area contributed by atoms with Gasteiger partial charge in [0.05, 0.1) is 7.05 Å². The fourth-order valence-corrected chi connectivity index (χ4v) is 1.73. The Hall–Kier alpha value is -0.830. The molecule has 1 atom stereocenters. The van der Waals surface area contributed by atoms with Crippen molar-refractivity contribution in [3.8, 4) is 0 Å². The predicted octanol–water partition coefficient (Wildman–Crippen LogP) is 2.16. The van der Waals surface area contributed by atoms with Crippen LogP contribution in [0.15, 0.2) is 18.7 Å². The SMILES string of the molecule is CCCCCCCC(O)n1cc[n+](C)c1. The minimum absolute atomic E-state index is 0.354. The number of aliphatic hydroxyl groups is 1. The van der Waals surface area contributed by atoms with Gasteiger partial charge in [0.1, 0.15) is 12.4 Å². The summed E-state index contributed by atoms with van der Waals surface area (Å²) in [4.78, 5) is 0. The van der Waals surface area contributed by atoms with Crippen LogP contribution in [0.5, 0.6) is 0 Å². The number of aryl methyl sites for hydroxylation is 1. The maximum Gasteiger partial charge on any atom is 0.245 e. The molecule has 0 aliphatic rings. The zero-order chi connectivity index (χ0) is 11.1. The quantitative estimate of drug-likeness (QED) is 0.543. The maximum absolute atomic E-state index is 9.84. The van der Waals surface area contributed by atoms with Crippen molar-refractivity contribution in [2.75, 3.05) is 0 Å². The van der Waals surface area contributed by atoms with Crippen molar-refractivity contribution in [3.63, 3.8) is 0 Å². The molecule has 1 N–H and O–H groups in total. The summed E-state index contributed by atoms with van der Waals surface area (Å²) in [5.41, 5.74) is 0. The van der Waals surface area contributed by atoms with E-state index in [4.69, 9.17) is 0 Å². The Kier molecular flexibility index (Phi) is 5.40. The van der Waals surface area contributed by atoms with Crippen LogP contribution in [-0.4, -0.2) is 9.67 Å². The molecule has 1 aromatic rings. The van der Waals surface area contributed by atoms with Crippen LogP contribution >= 0.6 is 0 Å². The molecule has 0 saturated carbocycles. The largest absolute Gasteiger partial charge is 0.355 e. The normalized spacial score (nSPS) is 13.0. The Morgan fingerprint density at radius 3 is 2.60 bits per heavy atom. The first-order valence-corrected chi connectivity index (χ1v) is 5.95. The van der Waals surface area contributed by atoms with Crippen LogP contribution in [-0.2, 0) is 7.05 Å². The molecule has 0 bridgehead atoms. The fraction of sp³-hybridized carbons (Fsp3) is 0.750. The number of hydrogen-bond acceptors (Lipinski definition) is 1. The van der Waals surface area contributed by atoms with Gasteiger partial charge in [-0.05, 0) is 6.42 Å². The zero-order valence-corrected chi connectivity index (χ0v) is 9.89. The van der Waals surface area contributed by atoms with E-state index in [0.717, 1.165) is 12.8 Å². The highest BCUT2D eigenvalue weighted by Crippen LogP contribution is 2.13. The van der Waals surface area contributed by atoms with Gasteiger partial charge in [0.2, 0.25) is 6.33 Å². The molecule has 0 fully saturated rings. The highest BCUT2D eigenvalue weighted by molar-refractivity contribution is 4.69. The van der Waals surface area contributed by atoms with E-state index in [0.29, 0.717) is 0 Å². The lowest BCUT2D eigenvalue weighted by Crippen LogP contribution is -2.24. The molecule has 1 heterocycles. The molecule has 1 rings (SSSR count). The lowest BCUT2D eigenvalue weighted by Gasteiger charge is -2.06. The predicted molar refractivity (Wildman–Crippen MR) is 60.2 cm³/mol. The highest BCUT2D eigenvalue weighted by atomic mass is 16.3. The summed E-state index contributed by atoms with van der Waals surface area (Å²) in [7, 11) is 1.96. The van der Waals surface area contributed by atoms with Crippen LogP contribution in [0.2, 0.25) is 0 Å². The van der Waals surface area contributed by atoms with Crippen molar-refractivity contribution >= 4 is 0 Å². The molecule has 0 radical (unpaired) electrons. The highest BCUT2D eigenvalue weighted by Gasteiger charge is 2.11. The third kappa shape index (κ3) is 4.47. The van der Waals surface area contributed by atoms with Gasteiger partial charge >= 0.3 is 0 Å². The molecule has 0 aliphatic heterocycles. The van der Waals surface area contributed by atoms with Crippen LogP contribution in [0.4, 0.5) is 0 Å². The topological polar surface area (TPSA) is 29.0 Å². The van der Waals surface area contributed by atoms with Crippen LogP contribution in [0.25, 0.3) is 0 Å². The molecule has 0 amide bonds. The summed E-state index contributed by atoms with van der Waals surface area (Å²) < 4.78 is 3.81. The van der Waals surface area contributed by atoms with Crippen LogP contribution in [0, 0.1) is 0 Å². The Morgan fingerprint density at radius 1 is 1.27 bits per heavy atom. The lowest BCUT2D eigenvalue weighted by atomic mass is 10.1. The monoisotopic (exact) mass is 211 g/mol. The van der Waals surface area contributed by atoms with E-state index >= 15 is 0 Å². The Morgan fingerprint density at radius 2 is 2.00 bits per heavy atom. The van der Waals surface area contributed by atoms with Gasteiger partial charge in [0.25, 0.3) is 0 Å². The first-order valence-electron chi connectivity index (χ1n) is 5.95. The minimum Gasteiger partial charge on any atom is -0.355 e. The third-order valence-electron chi connectivity index (χ3n) is 2.70. The van der Waals surface area contributed by atoms with Gasteiger partial charge in [0.15, 0.2) is 6.23 Å². The van der Waals surface area contributed by atoms with Gasteiger partial charge in [-0.1, -0.05) is 32.6 Å². The standard InChI is InChI=1S/C12H23N2O/c1-3-4-5-6-7-8-12(15)14-10-9-13(2)11-14/h9-12,15H,3-8H2,1-2H3/q+1. The second-order valence-electron chi connectivity index (χ2n) is 4.21. The van der Waals surface area contributed by atoms with E-state index < -0.39 is 0 Å². The molecule has 0 spiro atoms. The van der Waals surface area contributed by atoms with Gasteiger partial charge in [-0.15, -0.1) is 0 Å². The smallest absolute Gasteiger partial charge is 0.245 e. The van der Waals surface area contributed by atoms with Gasteiger partial charge < -0.3 is 5.11 Å². The number of rotatable bonds is 7. The van der Waals surface area contributed by atoms with Crippen LogP contribution in [0.1, 0.15) is 51.7 Å². The van der Waals surface area contributed by atoms with Crippen molar-refractivity contribution in [1.29, 1.82) is 0 Å². The molecule has 86 valence electrons. The molecule has 0 aliphatic carbocycles. The second-order valence-corrected chi connectivity index (χ2v) is 4.21. The first-order chi connectivity index (χ1) is 7.24. The number of imidazole rings is 1. The van der Waals surface area contributed by atoms with Crippen molar-refractivity contribution in [2.24, 2.45) is 7.05 Å². The van der Waals surface area contributed by atoms with Gasteiger partial charge in [0, 0.05) is 6.42 Å². The van der Waals surface area contributed by atoms with Gasteiger partial charge in [-0.2, -0.15) is 0 Å². The van der Waals surface area contributed by atoms with Crippen molar-refractivity contribution in [3.05, 3.63) is 18.7 Å². The number of nitrogens with zero attached hydrogens (tertiary/aromatic N) is 2. The maximum atomic E-state index is 9.84. The number of unbranched alkanes of at least 4 members (excludes halogenated alkanes) is 4. The van der Waals surface area contributed by atoms with Crippen LogP contribution < -0.4 is 4.57 Å². The summed E-state index contributed by atoms with van der Waals surface area (Å²) in [6.07, 6.45) is 12.5. The third-order valence-corrected chi connectivity index (χ3v) is 2.70. The molecular weight excluding hydrogens is 188 g/mol. The Balaban J connectivity index is 2.16. The number of hydrogen-bond donors (Lipinski definition) is 1. The van der Waals surface area contributed by atoms with Crippen molar-refractivity contribution in [2.45, 2.75) is 51.7 Å². The van der Waals surface area contributed by atoms with Gasteiger partial charge in [-0.25, -0.2) is 9.13 Å². The average Bonchev–Trinajstić information content (AvgIpc) is 2.64. The average molecular weight is 211 g/mol. The van der Waals surface area contributed by atoms with Gasteiger partial charge in [-0.3, -0.25) is 0 Å². The summed E-state index contributed by atoms with van der Waals surface area (Å²) in [5, 5.41) is 9.84. The molecule has 15 heavy (non-hydrogen) atoms. The Labute approximate surface area is 92.4 Å².